The highest BCUT2D eigenvalue weighted by molar-refractivity contribution is 14.1. The molecule has 0 fully saturated rings. The van der Waals surface area contributed by atoms with E-state index in [1.54, 1.807) is 0 Å². The lowest BCUT2D eigenvalue weighted by molar-refractivity contribution is 1.44. The SMILES string of the molecule is Cc1ccccc1/C(I)=C/Br. The molecule has 0 N–H and O–H groups in total. The first-order chi connectivity index (χ1) is 5.25. The Morgan fingerprint density at radius 1 is 1.45 bits per heavy atom. The second-order valence-electron chi connectivity index (χ2n) is 2.27. The maximum Gasteiger partial charge on any atom is 0.0274 e. The van der Waals surface area contributed by atoms with E-state index in [2.05, 4.69) is 69.7 Å². The Labute approximate surface area is 89.0 Å². The zero-order valence-corrected chi connectivity index (χ0v) is 9.89. The molecule has 1 aromatic rings. The summed E-state index contributed by atoms with van der Waals surface area (Å²) >= 11 is 5.63. The first-order valence-electron chi connectivity index (χ1n) is 3.27. The Morgan fingerprint density at radius 2 is 2.09 bits per heavy atom. The van der Waals surface area contributed by atoms with Crippen LogP contribution >= 0.6 is 38.5 Å². The fourth-order valence-electron chi connectivity index (χ4n) is 0.900. The van der Waals surface area contributed by atoms with E-state index in [9.17, 15) is 0 Å². The van der Waals surface area contributed by atoms with Crippen molar-refractivity contribution in [2.75, 3.05) is 0 Å². The van der Waals surface area contributed by atoms with Crippen LogP contribution in [0.2, 0.25) is 0 Å². The first-order valence-corrected chi connectivity index (χ1v) is 5.27. The van der Waals surface area contributed by atoms with Crippen LogP contribution in [0.4, 0.5) is 0 Å². The van der Waals surface area contributed by atoms with Gasteiger partial charge in [0.2, 0.25) is 0 Å². The van der Waals surface area contributed by atoms with Crippen molar-refractivity contribution in [1.29, 1.82) is 0 Å². The van der Waals surface area contributed by atoms with Crippen molar-refractivity contribution in [1.82, 2.24) is 0 Å². The Kier molecular flexibility index (Phi) is 3.59. The topological polar surface area (TPSA) is 0 Å². The molecular formula is C9H8BrI. The van der Waals surface area contributed by atoms with Gasteiger partial charge in [-0.2, -0.15) is 0 Å². The molecule has 0 radical (unpaired) electrons. The Bertz CT molecular complexity index is 279. The molecule has 0 aliphatic carbocycles. The average molecular weight is 323 g/mol. The summed E-state index contributed by atoms with van der Waals surface area (Å²) in [5, 5.41) is 0. The van der Waals surface area contributed by atoms with Crippen LogP contribution < -0.4 is 0 Å². The van der Waals surface area contributed by atoms with Crippen LogP contribution in [0.1, 0.15) is 11.1 Å². The molecule has 0 unspecified atom stereocenters. The molecule has 0 aromatic heterocycles. The van der Waals surface area contributed by atoms with Gasteiger partial charge in [-0.15, -0.1) is 0 Å². The summed E-state index contributed by atoms with van der Waals surface area (Å²) in [4.78, 5) is 1.94. The summed E-state index contributed by atoms with van der Waals surface area (Å²) in [5.74, 6) is 0. The number of benzene rings is 1. The molecule has 11 heavy (non-hydrogen) atoms. The lowest BCUT2D eigenvalue weighted by Gasteiger charge is -2.01. The second kappa shape index (κ2) is 4.26. The zero-order valence-electron chi connectivity index (χ0n) is 6.14. The zero-order chi connectivity index (χ0) is 8.27. The van der Waals surface area contributed by atoms with Gasteiger partial charge in [0.05, 0.1) is 0 Å². The Balaban J connectivity index is 3.14. The normalized spacial score (nSPS) is 11.7. The number of hydrogen-bond acceptors (Lipinski definition) is 0. The van der Waals surface area contributed by atoms with Crippen LogP contribution in [-0.4, -0.2) is 0 Å². The van der Waals surface area contributed by atoms with E-state index in [0.717, 1.165) is 0 Å². The van der Waals surface area contributed by atoms with E-state index in [1.165, 1.54) is 14.7 Å². The number of rotatable bonds is 1. The predicted octanol–water partition coefficient (Wildman–Crippen LogP) is 4.12. The van der Waals surface area contributed by atoms with Gasteiger partial charge in [0.15, 0.2) is 0 Å². The van der Waals surface area contributed by atoms with Crippen molar-refractivity contribution in [3.05, 3.63) is 40.4 Å². The van der Waals surface area contributed by atoms with E-state index in [1.807, 2.05) is 4.99 Å². The highest BCUT2D eigenvalue weighted by Crippen LogP contribution is 2.25. The van der Waals surface area contributed by atoms with Crippen molar-refractivity contribution in [2.24, 2.45) is 0 Å². The van der Waals surface area contributed by atoms with E-state index in [-0.39, 0.29) is 0 Å². The Morgan fingerprint density at radius 3 is 2.64 bits per heavy atom. The summed E-state index contributed by atoms with van der Waals surface area (Å²) < 4.78 is 1.24. The third-order valence-corrected chi connectivity index (χ3v) is 3.70. The van der Waals surface area contributed by atoms with Crippen LogP contribution in [0.15, 0.2) is 29.3 Å². The van der Waals surface area contributed by atoms with Crippen molar-refractivity contribution in [2.45, 2.75) is 6.92 Å². The fraction of sp³-hybridized carbons (Fsp3) is 0.111. The average Bonchev–Trinajstić information content (AvgIpc) is 2.04. The van der Waals surface area contributed by atoms with Gasteiger partial charge in [0.1, 0.15) is 0 Å². The minimum absolute atomic E-state index is 1.24. The molecule has 1 aromatic carbocycles. The third kappa shape index (κ3) is 2.30. The van der Waals surface area contributed by atoms with Gasteiger partial charge in [-0.3, -0.25) is 0 Å². The smallest absolute Gasteiger partial charge is 0.0274 e. The van der Waals surface area contributed by atoms with Gasteiger partial charge in [0, 0.05) is 3.58 Å². The summed E-state index contributed by atoms with van der Waals surface area (Å²) in [5.41, 5.74) is 2.61. The molecule has 0 amide bonds. The van der Waals surface area contributed by atoms with Gasteiger partial charge < -0.3 is 0 Å². The predicted molar refractivity (Wildman–Crippen MR) is 62.1 cm³/mol. The van der Waals surface area contributed by atoms with Crippen LogP contribution in [0.3, 0.4) is 0 Å². The largest absolute Gasteiger partial charge is 0.0620 e. The van der Waals surface area contributed by atoms with Crippen molar-refractivity contribution in [3.8, 4) is 0 Å². The van der Waals surface area contributed by atoms with Crippen LogP contribution in [0.5, 0.6) is 0 Å². The molecule has 0 saturated carbocycles. The van der Waals surface area contributed by atoms with Gasteiger partial charge in [0.25, 0.3) is 0 Å². The first kappa shape index (κ1) is 9.26. The maximum atomic E-state index is 3.32. The van der Waals surface area contributed by atoms with Crippen molar-refractivity contribution < 1.29 is 0 Å². The van der Waals surface area contributed by atoms with E-state index in [0.29, 0.717) is 0 Å². The molecule has 0 aliphatic rings. The number of halogens is 2. The number of aryl methyl sites for hydroxylation is 1. The summed E-state index contributed by atoms with van der Waals surface area (Å²) in [6.45, 7) is 2.12. The molecule has 0 atom stereocenters. The minimum atomic E-state index is 1.24. The lowest BCUT2D eigenvalue weighted by atomic mass is 10.1. The molecule has 0 saturated heterocycles. The minimum Gasteiger partial charge on any atom is -0.0620 e. The molecule has 2 heteroatoms. The highest BCUT2D eigenvalue weighted by atomic mass is 127. The monoisotopic (exact) mass is 322 g/mol. The maximum absolute atomic E-state index is 3.32. The van der Waals surface area contributed by atoms with Gasteiger partial charge in [-0.25, -0.2) is 0 Å². The van der Waals surface area contributed by atoms with E-state index < -0.39 is 0 Å². The second-order valence-corrected chi connectivity index (χ2v) is 3.89. The van der Waals surface area contributed by atoms with Gasteiger partial charge in [-0.1, -0.05) is 40.2 Å². The van der Waals surface area contributed by atoms with Gasteiger partial charge >= 0.3 is 0 Å². The van der Waals surface area contributed by atoms with Crippen molar-refractivity contribution >= 4 is 42.1 Å². The van der Waals surface area contributed by atoms with E-state index >= 15 is 0 Å². The fourth-order valence-corrected chi connectivity index (χ4v) is 1.75. The molecule has 0 aliphatic heterocycles. The molecule has 1 rings (SSSR count). The summed E-state index contributed by atoms with van der Waals surface area (Å²) in [7, 11) is 0. The number of hydrogen-bond donors (Lipinski definition) is 0. The summed E-state index contributed by atoms with van der Waals surface area (Å²) in [6, 6.07) is 8.34. The van der Waals surface area contributed by atoms with Gasteiger partial charge in [-0.05, 0) is 45.6 Å². The van der Waals surface area contributed by atoms with Crippen LogP contribution in [0.25, 0.3) is 3.58 Å². The standard InChI is InChI=1S/C9H8BrI/c1-7-4-2-3-5-8(7)9(11)6-10/h2-6H,1H3/b9-6-. The molecule has 58 valence electrons. The Hall–Kier alpha value is 0.170. The molecule has 0 bridgehead atoms. The quantitative estimate of drug-likeness (QED) is 0.682. The third-order valence-electron chi connectivity index (χ3n) is 1.50. The summed E-state index contributed by atoms with van der Waals surface area (Å²) in [6.07, 6.45) is 0. The van der Waals surface area contributed by atoms with Crippen LogP contribution in [0, 0.1) is 6.92 Å². The molecule has 0 nitrogen and oxygen atoms in total. The molecule has 0 heterocycles. The van der Waals surface area contributed by atoms with E-state index in [4.69, 9.17) is 0 Å². The lowest BCUT2D eigenvalue weighted by Crippen LogP contribution is -1.80. The molecular weight excluding hydrogens is 315 g/mol. The highest BCUT2D eigenvalue weighted by Gasteiger charge is 1.98. The molecule has 0 spiro atoms. The van der Waals surface area contributed by atoms with Crippen molar-refractivity contribution in [3.63, 3.8) is 0 Å². The van der Waals surface area contributed by atoms with Crippen LogP contribution in [-0.2, 0) is 0 Å².